The molecule has 0 spiro atoms. The number of aryl methyl sites for hydroxylation is 2. The summed E-state index contributed by atoms with van der Waals surface area (Å²) in [6.45, 7) is 6.46. The lowest BCUT2D eigenvalue weighted by Gasteiger charge is -2.11. The summed E-state index contributed by atoms with van der Waals surface area (Å²) in [7, 11) is 1.63. The number of methoxy groups -OCH3 is 1. The van der Waals surface area contributed by atoms with Gasteiger partial charge < -0.3 is 10.1 Å². The largest absolute Gasteiger partial charge is 0.379 e. The molecule has 1 unspecified atom stereocenters. The third kappa shape index (κ3) is 3.89. The van der Waals surface area contributed by atoms with Crippen molar-refractivity contribution in [1.82, 2.24) is 15.2 Å². The molecule has 0 bridgehead atoms. The van der Waals surface area contributed by atoms with E-state index in [0.717, 1.165) is 21.8 Å². The van der Waals surface area contributed by atoms with E-state index in [0.29, 0.717) is 18.2 Å². The fraction of sp³-hybridized carbons (Fsp3) is 0.500. The second kappa shape index (κ2) is 6.82. The number of hydrogen-bond donors (Lipinski definition) is 2. The van der Waals surface area contributed by atoms with Gasteiger partial charge in [-0.2, -0.15) is 5.10 Å². The van der Waals surface area contributed by atoms with Crippen LogP contribution in [-0.4, -0.2) is 28.2 Å². The normalized spacial score (nSPS) is 12.4. The Balaban J connectivity index is 1.95. The van der Waals surface area contributed by atoms with Gasteiger partial charge in [-0.05, 0) is 25.3 Å². The van der Waals surface area contributed by atoms with Gasteiger partial charge in [0, 0.05) is 25.4 Å². The van der Waals surface area contributed by atoms with Gasteiger partial charge in [0.05, 0.1) is 17.2 Å². The van der Waals surface area contributed by atoms with Crippen LogP contribution in [0.3, 0.4) is 0 Å². The standard InChI is InChI=1S/C14H20N4O2S/c1-8(13-9(2)17-18-10(13)3)5-12(19)16-14-15-6-11(21-14)7-20-4/h6,8H,5,7H2,1-4H3,(H,17,18)(H,15,16,19). The fourth-order valence-electron chi connectivity index (χ4n) is 2.41. The van der Waals surface area contributed by atoms with Crippen molar-refractivity contribution in [3.63, 3.8) is 0 Å². The molecule has 6 nitrogen and oxygen atoms in total. The fourth-order valence-corrected chi connectivity index (χ4v) is 3.21. The zero-order valence-corrected chi connectivity index (χ0v) is 13.5. The summed E-state index contributed by atoms with van der Waals surface area (Å²) in [5.41, 5.74) is 3.08. The monoisotopic (exact) mass is 308 g/mol. The molecule has 2 rings (SSSR count). The Morgan fingerprint density at radius 2 is 2.29 bits per heavy atom. The minimum absolute atomic E-state index is 0.0409. The first-order valence-corrected chi connectivity index (χ1v) is 7.57. The maximum atomic E-state index is 12.1. The van der Waals surface area contributed by atoms with Crippen LogP contribution in [0.1, 0.15) is 41.1 Å². The van der Waals surface area contributed by atoms with E-state index >= 15 is 0 Å². The van der Waals surface area contributed by atoms with E-state index < -0.39 is 0 Å². The third-order valence-corrected chi connectivity index (χ3v) is 4.14. The summed E-state index contributed by atoms with van der Waals surface area (Å²) in [5, 5.41) is 10.6. The molecule has 2 heterocycles. The van der Waals surface area contributed by atoms with Crippen molar-refractivity contribution in [2.75, 3.05) is 12.4 Å². The van der Waals surface area contributed by atoms with Gasteiger partial charge in [0.1, 0.15) is 0 Å². The molecule has 0 fully saturated rings. The Kier molecular flexibility index (Phi) is 5.08. The Labute approximate surface area is 127 Å². The number of thiazole rings is 1. The molecule has 7 heteroatoms. The molecule has 0 aliphatic heterocycles. The molecule has 0 saturated heterocycles. The first kappa shape index (κ1) is 15.7. The molecule has 2 aromatic heterocycles. The number of H-pyrrole nitrogens is 1. The van der Waals surface area contributed by atoms with E-state index in [1.165, 1.54) is 11.3 Å². The molecule has 21 heavy (non-hydrogen) atoms. The molecule has 1 atom stereocenters. The second-order valence-corrected chi connectivity index (χ2v) is 6.18. The topological polar surface area (TPSA) is 79.9 Å². The van der Waals surface area contributed by atoms with Gasteiger partial charge in [-0.25, -0.2) is 4.98 Å². The van der Waals surface area contributed by atoms with Crippen LogP contribution in [0.25, 0.3) is 0 Å². The first-order valence-electron chi connectivity index (χ1n) is 6.76. The molecular weight excluding hydrogens is 288 g/mol. The summed E-state index contributed by atoms with van der Waals surface area (Å²) >= 11 is 1.43. The Morgan fingerprint density at radius 1 is 1.52 bits per heavy atom. The minimum atomic E-state index is -0.0409. The van der Waals surface area contributed by atoms with Crippen LogP contribution in [0.2, 0.25) is 0 Å². The van der Waals surface area contributed by atoms with Gasteiger partial charge in [0.15, 0.2) is 5.13 Å². The van der Waals surface area contributed by atoms with E-state index in [1.54, 1.807) is 13.3 Å². The van der Waals surface area contributed by atoms with Crippen molar-refractivity contribution in [2.45, 2.75) is 39.7 Å². The van der Waals surface area contributed by atoms with E-state index in [2.05, 4.69) is 20.5 Å². The molecule has 0 saturated carbocycles. The summed E-state index contributed by atoms with van der Waals surface area (Å²) < 4.78 is 5.03. The molecule has 2 aromatic rings. The smallest absolute Gasteiger partial charge is 0.226 e. The van der Waals surface area contributed by atoms with Crippen LogP contribution in [0.15, 0.2) is 6.20 Å². The Hall–Kier alpha value is -1.73. The van der Waals surface area contributed by atoms with Crippen LogP contribution in [0.5, 0.6) is 0 Å². The number of carbonyl (C=O) groups is 1. The second-order valence-electron chi connectivity index (χ2n) is 5.07. The maximum absolute atomic E-state index is 12.1. The summed E-state index contributed by atoms with van der Waals surface area (Å²) in [5.74, 6) is 0.0722. The van der Waals surface area contributed by atoms with Crippen LogP contribution in [0.4, 0.5) is 5.13 Å². The van der Waals surface area contributed by atoms with Crippen molar-refractivity contribution in [3.05, 3.63) is 28.0 Å². The molecule has 0 aliphatic carbocycles. The van der Waals surface area contributed by atoms with E-state index in [1.807, 2.05) is 20.8 Å². The van der Waals surface area contributed by atoms with Crippen LogP contribution < -0.4 is 5.32 Å². The number of aromatic amines is 1. The van der Waals surface area contributed by atoms with Crippen molar-refractivity contribution in [3.8, 4) is 0 Å². The average molecular weight is 308 g/mol. The van der Waals surface area contributed by atoms with E-state index in [4.69, 9.17) is 4.74 Å². The van der Waals surface area contributed by atoms with Gasteiger partial charge in [0.2, 0.25) is 5.91 Å². The highest BCUT2D eigenvalue weighted by atomic mass is 32.1. The van der Waals surface area contributed by atoms with Crippen molar-refractivity contribution < 1.29 is 9.53 Å². The number of hydrogen-bond acceptors (Lipinski definition) is 5. The number of rotatable bonds is 6. The molecular formula is C14H20N4O2S. The Bertz CT molecular complexity index is 601. The lowest BCUT2D eigenvalue weighted by molar-refractivity contribution is -0.116. The number of ether oxygens (including phenoxy) is 1. The van der Waals surface area contributed by atoms with E-state index in [-0.39, 0.29) is 11.8 Å². The summed E-state index contributed by atoms with van der Waals surface area (Å²) in [4.78, 5) is 17.3. The van der Waals surface area contributed by atoms with Gasteiger partial charge >= 0.3 is 0 Å². The predicted octanol–water partition coefficient (Wildman–Crippen LogP) is 2.76. The zero-order valence-electron chi connectivity index (χ0n) is 12.7. The van der Waals surface area contributed by atoms with Gasteiger partial charge in [-0.15, -0.1) is 0 Å². The van der Waals surface area contributed by atoms with Gasteiger partial charge in [-0.3, -0.25) is 9.89 Å². The lowest BCUT2D eigenvalue weighted by atomic mass is 9.96. The summed E-state index contributed by atoms with van der Waals surface area (Å²) in [6.07, 6.45) is 2.12. The minimum Gasteiger partial charge on any atom is -0.379 e. The highest BCUT2D eigenvalue weighted by molar-refractivity contribution is 7.15. The quantitative estimate of drug-likeness (QED) is 0.860. The van der Waals surface area contributed by atoms with Crippen molar-refractivity contribution in [1.29, 1.82) is 0 Å². The predicted molar refractivity (Wildman–Crippen MR) is 82.6 cm³/mol. The highest BCUT2D eigenvalue weighted by Crippen LogP contribution is 2.25. The lowest BCUT2D eigenvalue weighted by Crippen LogP contribution is -2.14. The molecule has 0 radical (unpaired) electrons. The number of nitrogens with one attached hydrogen (secondary N) is 2. The number of carbonyl (C=O) groups excluding carboxylic acids is 1. The molecule has 114 valence electrons. The van der Waals surface area contributed by atoms with Crippen LogP contribution in [0, 0.1) is 13.8 Å². The zero-order chi connectivity index (χ0) is 15.4. The number of aromatic nitrogens is 3. The summed E-state index contributed by atoms with van der Waals surface area (Å²) in [6, 6.07) is 0. The first-order chi connectivity index (χ1) is 10.0. The SMILES string of the molecule is COCc1cnc(NC(=O)CC(C)c2c(C)n[nH]c2C)s1. The molecule has 1 amide bonds. The van der Waals surface area contributed by atoms with Crippen LogP contribution >= 0.6 is 11.3 Å². The van der Waals surface area contributed by atoms with E-state index in [9.17, 15) is 4.79 Å². The van der Waals surface area contributed by atoms with Crippen LogP contribution in [-0.2, 0) is 16.1 Å². The molecule has 0 aliphatic rings. The number of amides is 1. The van der Waals surface area contributed by atoms with Crippen molar-refractivity contribution in [2.24, 2.45) is 0 Å². The van der Waals surface area contributed by atoms with Gasteiger partial charge in [0.25, 0.3) is 0 Å². The molecule has 0 aromatic carbocycles. The third-order valence-electron chi connectivity index (χ3n) is 3.26. The highest BCUT2D eigenvalue weighted by Gasteiger charge is 2.18. The van der Waals surface area contributed by atoms with Crippen molar-refractivity contribution >= 4 is 22.4 Å². The number of nitrogens with zero attached hydrogens (tertiary/aromatic N) is 2. The maximum Gasteiger partial charge on any atom is 0.226 e. The molecule has 2 N–H and O–H groups in total. The number of anilines is 1. The average Bonchev–Trinajstić information content (AvgIpc) is 2.97. The Morgan fingerprint density at radius 3 is 2.90 bits per heavy atom. The van der Waals surface area contributed by atoms with Gasteiger partial charge in [-0.1, -0.05) is 18.3 Å².